The van der Waals surface area contributed by atoms with Crippen molar-refractivity contribution in [1.29, 1.82) is 0 Å². The Morgan fingerprint density at radius 2 is 2.06 bits per heavy atom. The lowest BCUT2D eigenvalue weighted by Crippen LogP contribution is -2.27. The van der Waals surface area contributed by atoms with Gasteiger partial charge < -0.3 is 4.74 Å². The van der Waals surface area contributed by atoms with Gasteiger partial charge in [0.05, 0.1) is 0 Å². The van der Waals surface area contributed by atoms with Gasteiger partial charge in [-0.25, -0.2) is 4.79 Å². The van der Waals surface area contributed by atoms with Crippen LogP contribution in [0.15, 0.2) is 11.1 Å². The number of hydrogen-bond donors (Lipinski definition) is 1. The molecule has 0 saturated carbocycles. The van der Waals surface area contributed by atoms with Crippen LogP contribution in [0.25, 0.3) is 0 Å². The van der Waals surface area contributed by atoms with Crippen molar-refractivity contribution >= 4 is 22.1 Å². The molecule has 0 radical (unpaired) electrons. The molecule has 102 valence electrons. The van der Waals surface area contributed by atoms with Crippen LogP contribution in [0.5, 0.6) is 0 Å². The molecule has 1 aromatic heterocycles. The lowest BCUT2D eigenvalue weighted by molar-refractivity contribution is 0.0635. The Labute approximate surface area is 104 Å². The molecule has 18 heavy (non-hydrogen) atoms. The minimum atomic E-state index is -4.96. The molecule has 1 rings (SSSR count). The van der Waals surface area contributed by atoms with Crippen molar-refractivity contribution in [1.82, 2.24) is 9.78 Å². The van der Waals surface area contributed by atoms with Crippen LogP contribution in [0.2, 0.25) is 0 Å². The molecule has 0 aliphatic carbocycles. The number of rotatable bonds is 2. The molecule has 1 amide bonds. The summed E-state index contributed by atoms with van der Waals surface area (Å²) in [6, 6.07) is 0. The first kappa shape index (κ1) is 14.4. The number of hydrogen-bond acceptors (Lipinski definition) is 5. The highest BCUT2D eigenvalue weighted by Gasteiger charge is 2.24. The van der Waals surface area contributed by atoms with Gasteiger partial charge in [-0.15, -0.1) is 3.89 Å². The fraction of sp³-hybridized carbons (Fsp3) is 0.556. The van der Waals surface area contributed by atoms with Crippen molar-refractivity contribution in [3.8, 4) is 0 Å². The van der Waals surface area contributed by atoms with E-state index in [9.17, 15) is 17.1 Å². The normalized spacial score (nSPS) is 12.3. The Hall–Kier alpha value is -1.64. The highest BCUT2D eigenvalue weighted by molar-refractivity contribution is 7.86. The maximum atomic E-state index is 12.9. The maximum Gasteiger partial charge on any atom is 0.413 e. The molecule has 0 bridgehead atoms. The third kappa shape index (κ3) is 3.99. The molecule has 0 unspecified atom stereocenters. The minimum Gasteiger partial charge on any atom is -0.444 e. The number of aryl methyl sites for hydroxylation is 1. The second-order valence-electron chi connectivity index (χ2n) is 4.58. The van der Waals surface area contributed by atoms with Gasteiger partial charge in [0.2, 0.25) is 0 Å². The number of nitrogens with zero attached hydrogens (tertiary/aromatic N) is 2. The van der Waals surface area contributed by atoms with Crippen molar-refractivity contribution in [2.75, 3.05) is 5.32 Å². The molecule has 0 saturated heterocycles. The zero-order valence-electron chi connectivity index (χ0n) is 10.4. The fourth-order valence-corrected chi connectivity index (χ4v) is 1.73. The first-order valence-corrected chi connectivity index (χ1v) is 6.36. The van der Waals surface area contributed by atoms with Crippen LogP contribution in [0.3, 0.4) is 0 Å². The molecule has 7 nitrogen and oxygen atoms in total. The molecule has 1 aromatic rings. The van der Waals surface area contributed by atoms with Crippen molar-refractivity contribution < 1.29 is 21.8 Å². The predicted octanol–water partition coefficient (Wildman–Crippen LogP) is 1.43. The monoisotopic (exact) mass is 279 g/mol. The van der Waals surface area contributed by atoms with Crippen LogP contribution in [0.4, 0.5) is 14.5 Å². The number of carbonyl (C=O) groups excluding carboxylic acids is 1. The summed E-state index contributed by atoms with van der Waals surface area (Å²) in [6.45, 7) is 4.91. The molecular weight excluding hydrogens is 265 g/mol. The molecule has 0 aliphatic rings. The fourth-order valence-electron chi connectivity index (χ4n) is 1.13. The highest BCUT2D eigenvalue weighted by Crippen LogP contribution is 2.21. The van der Waals surface area contributed by atoms with E-state index in [1.807, 2.05) is 0 Å². The van der Waals surface area contributed by atoms with E-state index in [1.54, 1.807) is 20.8 Å². The molecule has 1 heterocycles. The third-order valence-electron chi connectivity index (χ3n) is 1.68. The van der Waals surface area contributed by atoms with E-state index in [2.05, 4.69) is 10.4 Å². The topological polar surface area (TPSA) is 90.3 Å². The van der Waals surface area contributed by atoms with Gasteiger partial charge in [-0.05, 0) is 20.8 Å². The van der Waals surface area contributed by atoms with E-state index >= 15 is 0 Å². The average molecular weight is 279 g/mol. The molecule has 9 heteroatoms. The summed E-state index contributed by atoms with van der Waals surface area (Å²) >= 11 is 0. The third-order valence-corrected chi connectivity index (χ3v) is 2.50. The summed E-state index contributed by atoms with van der Waals surface area (Å²) in [4.78, 5) is 10.7. The Morgan fingerprint density at radius 1 is 1.50 bits per heavy atom. The average Bonchev–Trinajstić information content (AvgIpc) is 2.41. The number of amides is 1. The number of ether oxygens (including phenoxy) is 1. The van der Waals surface area contributed by atoms with Crippen LogP contribution in [-0.2, 0) is 22.0 Å². The van der Waals surface area contributed by atoms with Gasteiger partial charge in [-0.3, -0.25) is 10.00 Å². The molecule has 0 spiro atoms. The SMILES string of the molecule is Cn1cc(S(=O)(=O)F)c(NC(=O)OC(C)(C)C)n1. The predicted molar refractivity (Wildman–Crippen MR) is 61.4 cm³/mol. The van der Waals surface area contributed by atoms with Crippen LogP contribution in [-0.4, -0.2) is 29.9 Å². The summed E-state index contributed by atoms with van der Waals surface area (Å²) in [5.41, 5.74) is -0.756. The Balaban J connectivity index is 2.96. The zero-order chi connectivity index (χ0) is 14.1. The van der Waals surface area contributed by atoms with Crippen LogP contribution < -0.4 is 5.32 Å². The van der Waals surface area contributed by atoms with Crippen molar-refractivity contribution in [2.24, 2.45) is 7.05 Å². The smallest absolute Gasteiger partial charge is 0.413 e. The van der Waals surface area contributed by atoms with Crippen molar-refractivity contribution in [3.63, 3.8) is 0 Å². The van der Waals surface area contributed by atoms with E-state index in [4.69, 9.17) is 4.74 Å². The molecule has 0 aliphatic heterocycles. The summed E-state index contributed by atoms with van der Waals surface area (Å²) in [7, 11) is -3.56. The first-order chi connectivity index (χ1) is 7.99. The van der Waals surface area contributed by atoms with E-state index in [0.29, 0.717) is 0 Å². The van der Waals surface area contributed by atoms with Crippen LogP contribution in [0, 0.1) is 0 Å². The molecule has 1 N–H and O–H groups in total. The van der Waals surface area contributed by atoms with Gasteiger partial charge in [-0.1, -0.05) is 0 Å². The van der Waals surface area contributed by atoms with Gasteiger partial charge in [0.15, 0.2) is 10.7 Å². The van der Waals surface area contributed by atoms with Gasteiger partial charge in [0, 0.05) is 13.2 Å². The number of halogens is 1. The standard InChI is InChI=1S/C9H14FN3O4S/c1-9(2,3)17-8(14)11-7-6(18(10,15)16)5-13(4)12-7/h5H,1-4H3,(H,11,12,14). The Bertz CT molecular complexity index is 559. The number of nitrogens with one attached hydrogen (secondary N) is 1. The van der Waals surface area contributed by atoms with Gasteiger partial charge in [0.1, 0.15) is 5.60 Å². The quantitative estimate of drug-likeness (QED) is 0.827. The summed E-state index contributed by atoms with van der Waals surface area (Å²) in [6.07, 6.45) is 0.0354. The summed E-state index contributed by atoms with van der Waals surface area (Å²) < 4.78 is 40.5. The van der Waals surface area contributed by atoms with Crippen molar-refractivity contribution in [2.45, 2.75) is 31.3 Å². The van der Waals surface area contributed by atoms with Crippen LogP contribution in [0.1, 0.15) is 20.8 Å². The van der Waals surface area contributed by atoms with Crippen molar-refractivity contribution in [3.05, 3.63) is 6.20 Å². The number of anilines is 1. The lowest BCUT2D eigenvalue weighted by atomic mass is 10.2. The second kappa shape index (κ2) is 4.56. The minimum absolute atomic E-state index is 0.408. The lowest BCUT2D eigenvalue weighted by Gasteiger charge is -2.19. The molecular formula is C9H14FN3O4S. The molecule has 0 atom stereocenters. The first-order valence-electron chi connectivity index (χ1n) is 4.97. The van der Waals surface area contributed by atoms with E-state index in [0.717, 1.165) is 10.9 Å². The van der Waals surface area contributed by atoms with Gasteiger partial charge >= 0.3 is 16.3 Å². The highest BCUT2D eigenvalue weighted by atomic mass is 32.3. The van der Waals surface area contributed by atoms with E-state index < -0.39 is 32.6 Å². The van der Waals surface area contributed by atoms with E-state index in [-0.39, 0.29) is 0 Å². The summed E-state index contributed by atoms with van der Waals surface area (Å²) in [5.74, 6) is -0.408. The largest absolute Gasteiger partial charge is 0.444 e. The summed E-state index contributed by atoms with van der Waals surface area (Å²) in [5, 5.41) is 5.71. The Kier molecular flexibility index (Phi) is 3.65. The van der Waals surface area contributed by atoms with Gasteiger partial charge in [0.25, 0.3) is 0 Å². The van der Waals surface area contributed by atoms with Crippen LogP contribution >= 0.6 is 0 Å². The maximum absolute atomic E-state index is 12.9. The Morgan fingerprint density at radius 3 is 2.50 bits per heavy atom. The van der Waals surface area contributed by atoms with E-state index in [1.165, 1.54) is 7.05 Å². The number of carbonyl (C=O) groups is 1. The number of aromatic nitrogens is 2. The molecule has 0 aromatic carbocycles. The second-order valence-corrected chi connectivity index (χ2v) is 5.90. The van der Waals surface area contributed by atoms with Gasteiger partial charge in [-0.2, -0.15) is 13.5 Å². The zero-order valence-corrected chi connectivity index (χ0v) is 11.2. The molecule has 0 fully saturated rings.